The van der Waals surface area contributed by atoms with Gasteiger partial charge in [0, 0.05) is 12.1 Å². The number of nitrogens with zero attached hydrogens (tertiary/aromatic N) is 5. The summed E-state index contributed by atoms with van der Waals surface area (Å²) in [5, 5.41) is 20.8. The monoisotopic (exact) mass is 289 g/mol. The Balaban J connectivity index is 1.57. The molecule has 112 valence electrons. The molecular weight excluding hydrogens is 270 g/mol. The van der Waals surface area contributed by atoms with Gasteiger partial charge in [0.15, 0.2) is 5.82 Å². The van der Waals surface area contributed by atoms with Crippen LogP contribution in [-0.2, 0) is 11.3 Å². The van der Waals surface area contributed by atoms with Crippen LogP contribution in [0.1, 0.15) is 44.3 Å². The lowest BCUT2D eigenvalue weighted by atomic mass is 9.99. The van der Waals surface area contributed by atoms with Crippen LogP contribution < -0.4 is 5.32 Å². The van der Waals surface area contributed by atoms with Crippen LogP contribution in [0.15, 0.2) is 12.4 Å². The van der Waals surface area contributed by atoms with Crippen molar-refractivity contribution < 1.29 is 4.79 Å². The fraction of sp³-hybridized carbons (Fsp3) is 0.615. The second-order valence-electron chi connectivity index (χ2n) is 5.43. The summed E-state index contributed by atoms with van der Waals surface area (Å²) in [6, 6.07) is 0. The fourth-order valence-electron chi connectivity index (χ4n) is 2.69. The van der Waals surface area contributed by atoms with Crippen LogP contribution in [0.25, 0.3) is 0 Å². The molecule has 2 aromatic heterocycles. The van der Waals surface area contributed by atoms with E-state index in [-0.39, 0.29) is 11.8 Å². The van der Waals surface area contributed by atoms with Crippen LogP contribution in [0.2, 0.25) is 0 Å². The van der Waals surface area contributed by atoms with Crippen LogP contribution in [0.3, 0.4) is 0 Å². The lowest BCUT2D eigenvalue weighted by molar-refractivity contribution is -0.120. The highest BCUT2D eigenvalue weighted by Crippen LogP contribution is 2.24. The largest absolute Gasteiger partial charge is 0.323 e. The minimum atomic E-state index is 0.107. The molecule has 1 fully saturated rings. The first-order chi connectivity index (χ1) is 10.3. The summed E-state index contributed by atoms with van der Waals surface area (Å²) in [6.07, 6.45) is 10.2. The van der Waals surface area contributed by atoms with Gasteiger partial charge in [0.25, 0.3) is 0 Å². The van der Waals surface area contributed by atoms with Gasteiger partial charge in [-0.05, 0) is 12.8 Å². The first kappa shape index (κ1) is 13.7. The number of H-pyrrole nitrogens is 1. The van der Waals surface area contributed by atoms with Gasteiger partial charge in [-0.2, -0.15) is 10.3 Å². The van der Waals surface area contributed by atoms with E-state index < -0.39 is 0 Å². The number of rotatable bonds is 4. The maximum absolute atomic E-state index is 12.3. The minimum Gasteiger partial charge on any atom is -0.323 e. The van der Waals surface area contributed by atoms with Gasteiger partial charge in [-0.1, -0.05) is 30.9 Å². The molecule has 0 spiro atoms. The predicted molar refractivity (Wildman–Crippen MR) is 75.3 cm³/mol. The van der Waals surface area contributed by atoms with Crippen molar-refractivity contribution in [1.29, 1.82) is 0 Å². The molecule has 2 heterocycles. The van der Waals surface area contributed by atoms with Crippen LogP contribution in [0.5, 0.6) is 0 Å². The Morgan fingerprint density at radius 3 is 2.86 bits per heavy atom. The number of aromatic amines is 1. The van der Waals surface area contributed by atoms with Crippen molar-refractivity contribution in [3.8, 4) is 0 Å². The molecule has 2 N–H and O–H groups in total. The molecule has 1 aliphatic carbocycles. The van der Waals surface area contributed by atoms with Crippen LogP contribution in [0.4, 0.5) is 5.69 Å². The van der Waals surface area contributed by atoms with Crippen molar-refractivity contribution in [1.82, 2.24) is 30.4 Å². The second-order valence-corrected chi connectivity index (χ2v) is 5.43. The average Bonchev–Trinajstić information content (AvgIpc) is 3.05. The van der Waals surface area contributed by atoms with Gasteiger partial charge in [-0.15, -0.1) is 10.2 Å². The quantitative estimate of drug-likeness (QED) is 0.827. The number of hydrogen-bond donors (Lipinski definition) is 2. The molecular formula is C13H19N7O. The second kappa shape index (κ2) is 6.47. The molecule has 3 rings (SSSR count). The van der Waals surface area contributed by atoms with Crippen molar-refractivity contribution in [2.75, 3.05) is 5.32 Å². The van der Waals surface area contributed by atoms with Gasteiger partial charge in [-0.3, -0.25) is 9.48 Å². The normalized spacial score (nSPS) is 16.6. The first-order valence-electron chi connectivity index (χ1n) is 7.37. The Labute approximate surface area is 122 Å². The highest BCUT2D eigenvalue weighted by atomic mass is 16.1. The third-order valence-electron chi connectivity index (χ3n) is 3.82. The number of carbonyl (C=O) groups excluding carboxylic acids is 1. The minimum absolute atomic E-state index is 0.107. The smallest absolute Gasteiger partial charge is 0.227 e. The highest BCUT2D eigenvalue weighted by Gasteiger charge is 2.20. The number of anilines is 1. The topological polar surface area (TPSA) is 101 Å². The van der Waals surface area contributed by atoms with Gasteiger partial charge < -0.3 is 5.32 Å². The molecule has 1 saturated carbocycles. The summed E-state index contributed by atoms with van der Waals surface area (Å²) >= 11 is 0. The van der Waals surface area contributed by atoms with Gasteiger partial charge >= 0.3 is 0 Å². The molecule has 2 aromatic rings. The summed E-state index contributed by atoms with van der Waals surface area (Å²) in [6.45, 7) is 0.426. The summed E-state index contributed by atoms with van der Waals surface area (Å²) < 4.78 is 1.67. The summed E-state index contributed by atoms with van der Waals surface area (Å²) in [5.74, 6) is 0.795. The van der Waals surface area contributed by atoms with Crippen molar-refractivity contribution in [3.05, 3.63) is 18.2 Å². The van der Waals surface area contributed by atoms with Crippen molar-refractivity contribution in [2.45, 2.75) is 45.1 Å². The van der Waals surface area contributed by atoms with Crippen LogP contribution in [0, 0.1) is 5.92 Å². The molecule has 1 aliphatic rings. The van der Waals surface area contributed by atoms with Gasteiger partial charge in [-0.25, -0.2) is 0 Å². The maximum atomic E-state index is 12.3. The van der Waals surface area contributed by atoms with E-state index in [1.165, 1.54) is 12.8 Å². The molecule has 0 unspecified atom stereocenters. The van der Waals surface area contributed by atoms with Crippen LogP contribution in [-0.4, -0.2) is 36.3 Å². The van der Waals surface area contributed by atoms with E-state index in [0.29, 0.717) is 18.1 Å². The van der Waals surface area contributed by atoms with E-state index in [2.05, 4.69) is 31.0 Å². The highest BCUT2D eigenvalue weighted by molar-refractivity contribution is 5.92. The number of amides is 1. The van der Waals surface area contributed by atoms with E-state index in [1.54, 1.807) is 17.1 Å². The van der Waals surface area contributed by atoms with Crippen molar-refractivity contribution in [3.63, 3.8) is 0 Å². The predicted octanol–water partition coefficient (Wildman–Crippen LogP) is 1.35. The molecule has 21 heavy (non-hydrogen) atoms. The Kier molecular flexibility index (Phi) is 4.23. The molecule has 0 saturated heterocycles. The molecule has 1 amide bonds. The van der Waals surface area contributed by atoms with E-state index in [1.807, 2.05) is 0 Å². The molecule has 0 aromatic carbocycles. The van der Waals surface area contributed by atoms with E-state index in [0.717, 1.165) is 25.7 Å². The zero-order valence-corrected chi connectivity index (χ0v) is 11.8. The Hall–Kier alpha value is -2.25. The van der Waals surface area contributed by atoms with E-state index in [9.17, 15) is 4.79 Å². The van der Waals surface area contributed by atoms with Crippen molar-refractivity contribution >= 4 is 11.6 Å². The average molecular weight is 289 g/mol. The molecule has 0 aliphatic heterocycles. The Morgan fingerprint density at radius 1 is 1.33 bits per heavy atom. The van der Waals surface area contributed by atoms with E-state index in [4.69, 9.17) is 0 Å². The number of tetrazole rings is 1. The van der Waals surface area contributed by atoms with Crippen LogP contribution >= 0.6 is 0 Å². The third kappa shape index (κ3) is 3.65. The van der Waals surface area contributed by atoms with Crippen molar-refractivity contribution in [2.24, 2.45) is 5.92 Å². The first-order valence-corrected chi connectivity index (χ1v) is 7.37. The molecule has 8 heteroatoms. The maximum Gasteiger partial charge on any atom is 0.227 e. The summed E-state index contributed by atoms with van der Waals surface area (Å²) in [5.41, 5.74) is 0.716. The molecule has 8 nitrogen and oxygen atoms in total. The number of aromatic nitrogens is 6. The van der Waals surface area contributed by atoms with E-state index >= 15 is 0 Å². The zero-order chi connectivity index (χ0) is 14.5. The Morgan fingerprint density at radius 2 is 2.14 bits per heavy atom. The lowest BCUT2D eigenvalue weighted by Gasteiger charge is -2.12. The summed E-state index contributed by atoms with van der Waals surface area (Å²) in [4.78, 5) is 12.3. The standard InChI is InChI=1S/C13H19N7O/c21-13(10-5-3-1-2-4-6-10)15-11-7-14-20(8-11)9-12-16-18-19-17-12/h7-8,10H,1-6,9H2,(H,15,21)(H,16,17,18,19). The lowest BCUT2D eigenvalue weighted by Crippen LogP contribution is -2.22. The zero-order valence-electron chi connectivity index (χ0n) is 11.8. The van der Waals surface area contributed by atoms with Gasteiger partial charge in [0.2, 0.25) is 5.91 Å². The SMILES string of the molecule is O=C(Nc1cnn(Cc2nn[nH]n2)c1)C1CCCCCC1. The Bertz CT molecular complexity index is 569. The van der Waals surface area contributed by atoms with Gasteiger partial charge in [0.05, 0.1) is 11.9 Å². The summed E-state index contributed by atoms with van der Waals surface area (Å²) in [7, 11) is 0. The number of hydrogen-bond acceptors (Lipinski definition) is 5. The number of nitrogens with one attached hydrogen (secondary N) is 2. The molecule has 0 bridgehead atoms. The molecule has 0 radical (unpaired) electrons. The van der Waals surface area contributed by atoms with Gasteiger partial charge in [0.1, 0.15) is 6.54 Å². The number of carbonyl (C=O) groups is 1. The third-order valence-corrected chi connectivity index (χ3v) is 3.82. The fourth-order valence-corrected chi connectivity index (χ4v) is 2.69. The molecule has 0 atom stereocenters.